The molecule has 1 N–H and O–H groups in total. The zero-order valence-electron chi connectivity index (χ0n) is 15.4. The lowest BCUT2D eigenvalue weighted by atomic mass is 10.1. The lowest BCUT2D eigenvalue weighted by Crippen LogP contribution is -2.27. The first-order valence-corrected chi connectivity index (χ1v) is 8.96. The number of nitrogens with zero attached hydrogens (tertiary/aromatic N) is 4. The fourth-order valence-electron chi connectivity index (χ4n) is 2.65. The van der Waals surface area contributed by atoms with Crippen LogP contribution in [0.15, 0.2) is 67.3 Å². The lowest BCUT2D eigenvalue weighted by Gasteiger charge is -2.16. The fourth-order valence-corrected chi connectivity index (χ4v) is 2.65. The van der Waals surface area contributed by atoms with Crippen molar-refractivity contribution in [2.75, 3.05) is 25.0 Å². The van der Waals surface area contributed by atoms with Crippen molar-refractivity contribution in [1.82, 2.24) is 20.3 Å². The molecule has 0 unspecified atom stereocenters. The predicted molar refractivity (Wildman–Crippen MR) is 106 cm³/mol. The van der Waals surface area contributed by atoms with Crippen molar-refractivity contribution in [2.24, 2.45) is 0 Å². The van der Waals surface area contributed by atoms with E-state index in [0.29, 0.717) is 18.1 Å². The minimum absolute atomic E-state index is 0.156. The summed E-state index contributed by atoms with van der Waals surface area (Å²) in [5, 5.41) is 2.90. The van der Waals surface area contributed by atoms with Gasteiger partial charge in [0.05, 0.1) is 5.56 Å². The van der Waals surface area contributed by atoms with Gasteiger partial charge in [0, 0.05) is 44.9 Å². The molecule has 27 heavy (non-hydrogen) atoms. The maximum absolute atomic E-state index is 12.2. The molecule has 1 aromatic carbocycles. The molecule has 6 heteroatoms. The minimum atomic E-state index is -0.156. The number of hydrogen-bond donors (Lipinski definition) is 1. The third-order valence-corrected chi connectivity index (χ3v) is 4.27. The Labute approximate surface area is 159 Å². The third-order valence-electron chi connectivity index (χ3n) is 4.27. The van der Waals surface area contributed by atoms with Gasteiger partial charge in [-0.2, -0.15) is 0 Å². The van der Waals surface area contributed by atoms with Gasteiger partial charge in [0.15, 0.2) is 0 Å². The number of carbonyl (C=O) groups excluding carboxylic acids is 1. The average molecular weight is 361 g/mol. The summed E-state index contributed by atoms with van der Waals surface area (Å²) in [6, 6.07) is 14.1. The van der Waals surface area contributed by atoms with E-state index in [4.69, 9.17) is 0 Å². The van der Waals surface area contributed by atoms with Crippen molar-refractivity contribution in [3.8, 4) is 0 Å². The van der Waals surface area contributed by atoms with Crippen LogP contribution in [0.2, 0.25) is 0 Å². The Bertz CT molecular complexity index is 837. The fraction of sp³-hybridized carbons (Fsp3) is 0.238. The Morgan fingerprint density at radius 1 is 0.963 bits per heavy atom. The number of amides is 1. The number of benzene rings is 1. The van der Waals surface area contributed by atoms with Gasteiger partial charge in [-0.05, 0) is 36.1 Å². The Morgan fingerprint density at radius 2 is 1.63 bits per heavy atom. The Morgan fingerprint density at radius 3 is 2.33 bits per heavy atom. The lowest BCUT2D eigenvalue weighted by molar-refractivity contribution is 0.0953. The van der Waals surface area contributed by atoms with E-state index in [2.05, 4.69) is 20.3 Å². The number of likely N-dealkylation sites (N-methyl/N-ethyl adjacent to an activating group) is 1. The van der Waals surface area contributed by atoms with Crippen LogP contribution in [0.4, 0.5) is 5.95 Å². The van der Waals surface area contributed by atoms with Crippen molar-refractivity contribution in [3.05, 3.63) is 83.9 Å². The molecule has 0 radical (unpaired) electrons. The van der Waals surface area contributed by atoms with E-state index in [1.165, 1.54) is 11.1 Å². The molecule has 3 rings (SSSR count). The van der Waals surface area contributed by atoms with Crippen molar-refractivity contribution in [2.45, 2.75) is 12.8 Å². The highest BCUT2D eigenvalue weighted by Gasteiger charge is 2.09. The first kappa shape index (κ1) is 18.5. The zero-order chi connectivity index (χ0) is 18.9. The van der Waals surface area contributed by atoms with E-state index in [1.54, 1.807) is 24.8 Å². The summed E-state index contributed by atoms with van der Waals surface area (Å²) in [6.07, 6.45) is 8.40. The summed E-state index contributed by atoms with van der Waals surface area (Å²) < 4.78 is 0. The van der Waals surface area contributed by atoms with Crippen LogP contribution < -0.4 is 10.2 Å². The smallest absolute Gasteiger partial charge is 0.254 e. The molecule has 0 aliphatic carbocycles. The van der Waals surface area contributed by atoms with Crippen LogP contribution >= 0.6 is 0 Å². The second-order valence-corrected chi connectivity index (χ2v) is 6.29. The molecule has 2 heterocycles. The molecule has 1 amide bonds. The van der Waals surface area contributed by atoms with Gasteiger partial charge < -0.3 is 10.2 Å². The molecule has 2 aromatic heterocycles. The Kier molecular flexibility index (Phi) is 6.46. The number of carbonyl (C=O) groups is 1. The van der Waals surface area contributed by atoms with E-state index >= 15 is 0 Å². The summed E-state index contributed by atoms with van der Waals surface area (Å²) in [6.45, 7) is 1.36. The summed E-state index contributed by atoms with van der Waals surface area (Å²) in [7, 11) is 1.94. The van der Waals surface area contributed by atoms with Crippen molar-refractivity contribution < 1.29 is 4.79 Å². The van der Waals surface area contributed by atoms with Crippen molar-refractivity contribution >= 4 is 11.9 Å². The molecule has 0 aliphatic rings. The highest BCUT2D eigenvalue weighted by atomic mass is 16.1. The molecule has 138 valence electrons. The summed E-state index contributed by atoms with van der Waals surface area (Å²) >= 11 is 0. The Balaban J connectivity index is 1.47. The maximum Gasteiger partial charge on any atom is 0.254 e. The maximum atomic E-state index is 12.2. The van der Waals surface area contributed by atoms with Crippen molar-refractivity contribution in [1.29, 1.82) is 0 Å². The van der Waals surface area contributed by atoms with E-state index in [1.807, 2.05) is 54.4 Å². The predicted octanol–water partition coefficient (Wildman–Crippen LogP) is 2.52. The molecule has 0 spiro atoms. The third kappa shape index (κ3) is 5.60. The van der Waals surface area contributed by atoms with Gasteiger partial charge in [-0.25, -0.2) is 9.97 Å². The number of anilines is 1. The normalized spacial score (nSPS) is 10.4. The molecule has 3 aromatic rings. The number of aromatic nitrogens is 3. The molecule has 0 saturated carbocycles. The molecule has 0 atom stereocenters. The Hall–Kier alpha value is -3.28. The monoisotopic (exact) mass is 361 g/mol. The number of rotatable bonds is 8. The molecule has 0 saturated heterocycles. The molecular formula is C21H23N5O. The molecular weight excluding hydrogens is 338 g/mol. The van der Waals surface area contributed by atoms with E-state index in [-0.39, 0.29) is 5.91 Å². The first-order chi connectivity index (χ1) is 13.2. The zero-order valence-corrected chi connectivity index (χ0v) is 15.4. The summed E-state index contributed by atoms with van der Waals surface area (Å²) in [5.41, 5.74) is 2.88. The molecule has 6 nitrogen and oxygen atoms in total. The highest BCUT2D eigenvalue weighted by molar-refractivity contribution is 5.93. The van der Waals surface area contributed by atoms with Gasteiger partial charge >= 0.3 is 0 Å². The number of pyridine rings is 1. The highest BCUT2D eigenvalue weighted by Crippen LogP contribution is 2.07. The molecule has 0 bridgehead atoms. The van der Waals surface area contributed by atoms with E-state index in [0.717, 1.165) is 19.4 Å². The second-order valence-electron chi connectivity index (χ2n) is 6.29. The van der Waals surface area contributed by atoms with Gasteiger partial charge in [-0.3, -0.25) is 9.78 Å². The van der Waals surface area contributed by atoms with Gasteiger partial charge in [0.25, 0.3) is 5.91 Å². The first-order valence-electron chi connectivity index (χ1n) is 8.96. The van der Waals surface area contributed by atoms with E-state index in [9.17, 15) is 4.79 Å². The number of hydrogen-bond acceptors (Lipinski definition) is 5. The number of nitrogens with one attached hydrogen (secondary N) is 1. The topological polar surface area (TPSA) is 71.0 Å². The van der Waals surface area contributed by atoms with Crippen LogP contribution in [0.25, 0.3) is 0 Å². The summed E-state index contributed by atoms with van der Waals surface area (Å²) in [4.78, 5) is 26.8. The van der Waals surface area contributed by atoms with Crippen LogP contribution in [-0.2, 0) is 12.8 Å². The second kappa shape index (κ2) is 9.43. The van der Waals surface area contributed by atoms with Crippen LogP contribution in [0.5, 0.6) is 0 Å². The van der Waals surface area contributed by atoms with E-state index < -0.39 is 0 Å². The quantitative estimate of drug-likeness (QED) is 0.668. The molecule has 0 fully saturated rings. The average Bonchev–Trinajstić information content (AvgIpc) is 2.73. The largest absolute Gasteiger partial charge is 0.352 e. The molecule has 0 aliphatic heterocycles. The van der Waals surface area contributed by atoms with Crippen LogP contribution in [0, 0.1) is 0 Å². The van der Waals surface area contributed by atoms with Crippen LogP contribution in [-0.4, -0.2) is 41.0 Å². The standard InChI is InChI=1S/C21H23N5O/c1-26(14-10-18-7-11-22-12-8-18)21-24-15-19(16-25-21)20(27)23-13-9-17-5-3-2-4-6-17/h2-8,11-12,15-16H,9-10,13-14H2,1H3,(H,23,27). The SMILES string of the molecule is CN(CCc1ccncc1)c1ncc(C(=O)NCCc2ccccc2)cn1. The minimum Gasteiger partial charge on any atom is -0.352 e. The van der Waals surface area contributed by atoms with Crippen molar-refractivity contribution in [3.63, 3.8) is 0 Å². The van der Waals surface area contributed by atoms with Crippen LogP contribution in [0.1, 0.15) is 21.5 Å². The van der Waals surface area contributed by atoms with Gasteiger partial charge in [-0.1, -0.05) is 30.3 Å². The van der Waals surface area contributed by atoms with Gasteiger partial charge in [0.1, 0.15) is 0 Å². The summed E-state index contributed by atoms with van der Waals surface area (Å²) in [5.74, 6) is 0.446. The van der Waals surface area contributed by atoms with Gasteiger partial charge in [-0.15, -0.1) is 0 Å². The van der Waals surface area contributed by atoms with Gasteiger partial charge in [0.2, 0.25) is 5.95 Å². The van der Waals surface area contributed by atoms with Crippen LogP contribution in [0.3, 0.4) is 0 Å².